The highest BCUT2D eigenvalue weighted by Crippen LogP contribution is 2.30. The quantitative estimate of drug-likeness (QED) is 0.773. The first kappa shape index (κ1) is 14.0. The van der Waals surface area contributed by atoms with E-state index in [0.717, 1.165) is 16.1 Å². The van der Waals surface area contributed by atoms with Gasteiger partial charge in [0.2, 0.25) is 0 Å². The molecule has 0 aliphatic rings. The van der Waals surface area contributed by atoms with E-state index < -0.39 is 0 Å². The van der Waals surface area contributed by atoms with Gasteiger partial charge >= 0.3 is 0 Å². The van der Waals surface area contributed by atoms with Crippen molar-refractivity contribution in [3.8, 4) is 11.3 Å². The standard InChI is InChI=1S/C16H13Cl2N3/c17-12-7-5-11(6-8-12)9-21-10-15(19)16(20-21)13-3-1-2-4-14(13)18/h1-8,10H,9,19H2. The van der Waals surface area contributed by atoms with E-state index in [1.54, 1.807) is 4.68 Å². The van der Waals surface area contributed by atoms with Crippen LogP contribution in [0.2, 0.25) is 10.0 Å². The Morgan fingerprint density at radius 1 is 1.00 bits per heavy atom. The van der Waals surface area contributed by atoms with Gasteiger partial charge in [-0.2, -0.15) is 5.10 Å². The molecule has 0 saturated carbocycles. The first-order valence-corrected chi connectivity index (χ1v) is 7.21. The number of nitrogens with zero attached hydrogens (tertiary/aromatic N) is 2. The molecule has 1 aromatic heterocycles. The third kappa shape index (κ3) is 3.04. The van der Waals surface area contributed by atoms with E-state index in [1.165, 1.54) is 0 Å². The Bertz CT molecular complexity index is 763. The van der Waals surface area contributed by atoms with Gasteiger partial charge in [-0.15, -0.1) is 0 Å². The largest absolute Gasteiger partial charge is 0.396 e. The predicted octanol–water partition coefficient (Wildman–Crippen LogP) is 4.49. The summed E-state index contributed by atoms with van der Waals surface area (Å²) in [6.45, 7) is 0.631. The summed E-state index contributed by atoms with van der Waals surface area (Å²) in [5.41, 5.74) is 9.31. The number of benzene rings is 2. The van der Waals surface area contributed by atoms with Crippen LogP contribution in [0.3, 0.4) is 0 Å². The molecule has 0 spiro atoms. The summed E-state index contributed by atoms with van der Waals surface area (Å²) in [4.78, 5) is 0. The Hall–Kier alpha value is -1.97. The van der Waals surface area contributed by atoms with E-state index in [9.17, 15) is 0 Å². The van der Waals surface area contributed by atoms with Gasteiger partial charge in [0.1, 0.15) is 5.69 Å². The van der Waals surface area contributed by atoms with Crippen LogP contribution in [0.15, 0.2) is 54.7 Å². The monoisotopic (exact) mass is 317 g/mol. The van der Waals surface area contributed by atoms with E-state index in [-0.39, 0.29) is 0 Å². The van der Waals surface area contributed by atoms with Gasteiger partial charge in [0.25, 0.3) is 0 Å². The topological polar surface area (TPSA) is 43.8 Å². The van der Waals surface area contributed by atoms with Crippen molar-refractivity contribution in [1.29, 1.82) is 0 Å². The molecule has 0 atom stereocenters. The number of anilines is 1. The summed E-state index contributed by atoms with van der Waals surface area (Å²) in [5, 5.41) is 5.89. The molecule has 0 aliphatic heterocycles. The molecule has 5 heteroatoms. The van der Waals surface area contributed by atoms with E-state index in [1.807, 2.05) is 54.7 Å². The number of halogens is 2. The van der Waals surface area contributed by atoms with Crippen molar-refractivity contribution in [1.82, 2.24) is 9.78 Å². The average molecular weight is 318 g/mol. The van der Waals surface area contributed by atoms with Gasteiger partial charge in [0.15, 0.2) is 0 Å². The van der Waals surface area contributed by atoms with Crippen molar-refractivity contribution < 1.29 is 0 Å². The molecule has 3 aromatic rings. The Morgan fingerprint density at radius 3 is 2.43 bits per heavy atom. The van der Waals surface area contributed by atoms with E-state index >= 15 is 0 Å². The highest BCUT2D eigenvalue weighted by Gasteiger charge is 2.11. The molecule has 0 fully saturated rings. The van der Waals surface area contributed by atoms with Gasteiger partial charge in [-0.3, -0.25) is 4.68 Å². The summed E-state index contributed by atoms with van der Waals surface area (Å²) in [5.74, 6) is 0. The van der Waals surface area contributed by atoms with Gasteiger partial charge in [-0.05, 0) is 23.8 Å². The van der Waals surface area contributed by atoms with Gasteiger partial charge in [0.05, 0.1) is 17.3 Å². The highest BCUT2D eigenvalue weighted by molar-refractivity contribution is 6.33. The SMILES string of the molecule is Nc1cn(Cc2ccc(Cl)cc2)nc1-c1ccccc1Cl. The van der Waals surface area contributed by atoms with E-state index in [0.29, 0.717) is 22.9 Å². The lowest BCUT2D eigenvalue weighted by atomic mass is 10.1. The molecule has 2 aromatic carbocycles. The summed E-state index contributed by atoms with van der Waals surface area (Å²) in [6, 6.07) is 15.2. The first-order valence-electron chi connectivity index (χ1n) is 6.46. The van der Waals surface area contributed by atoms with Gasteiger partial charge < -0.3 is 5.73 Å². The Morgan fingerprint density at radius 2 is 1.71 bits per heavy atom. The van der Waals surface area contributed by atoms with Crippen LogP contribution < -0.4 is 5.73 Å². The smallest absolute Gasteiger partial charge is 0.117 e. The van der Waals surface area contributed by atoms with E-state index in [2.05, 4.69) is 5.10 Å². The van der Waals surface area contributed by atoms with Crippen LogP contribution in [-0.2, 0) is 6.54 Å². The maximum atomic E-state index is 6.20. The second kappa shape index (κ2) is 5.80. The third-order valence-electron chi connectivity index (χ3n) is 3.18. The minimum absolute atomic E-state index is 0.608. The lowest BCUT2D eigenvalue weighted by Crippen LogP contribution is -2.00. The molecule has 0 radical (unpaired) electrons. The molecule has 0 saturated heterocycles. The summed E-state index contributed by atoms with van der Waals surface area (Å²) < 4.78 is 1.80. The van der Waals surface area contributed by atoms with Crippen molar-refractivity contribution in [2.45, 2.75) is 6.54 Å². The predicted molar refractivity (Wildman–Crippen MR) is 87.6 cm³/mol. The molecular formula is C16H13Cl2N3. The van der Waals surface area contributed by atoms with Crippen LogP contribution in [0, 0.1) is 0 Å². The zero-order chi connectivity index (χ0) is 14.8. The van der Waals surface area contributed by atoms with E-state index in [4.69, 9.17) is 28.9 Å². The molecular weight excluding hydrogens is 305 g/mol. The minimum Gasteiger partial charge on any atom is -0.396 e. The summed E-state index contributed by atoms with van der Waals surface area (Å²) in [7, 11) is 0. The summed E-state index contributed by atoms with van der Waals surface area (Å²) >= 11 is 12.1. The molecule has 3 nitrogen and oxygen atoms in total. The van der Waals surface area contributed by atoms with Crippen molar-refractivity contribution in [3.05, 3.63) is 70.3 Å². The Labute approximate surface area is 132 Å². The number of hydrogen-bond donors (Lipinski definition) is 1. The lowest BCUT2D eigenvalue weighted by molar-refractivity contribution is 0.689. The molecule has 0 amide bonds. The van der Waals surface area contributed by atoms with Crippen LogP contribution in [0.4, 0.5) is 5.69 Å². The van der Waals surface area contributed by atoms with Gasteiger partial charge in [-0.1, -0.05) is 53.5 Å². The maximum Gasteiger partial charge on any atom is 0.117 e. The minimum atomic E-state index is 0.608. The van der Waals surface area contributed by atoms with Crippen LogP contribution in [0.25, 0.3) is 11.3 Å². The number of nitrogens with two attached hydrogens (primary N) is 1. The first-order chi connectivity index (χ1) is 10.1. The van der Waals surface area contributed by atoms with Crippen molar-refractivity contribution in [3.63, 3.8) is 0 Å². The molecule has 0 bridgehead atoms. The van der Waals surface area contributed by atoms with Gasteiger partial charge in [-0.25, -0.2) is 0 Å². The van der Waals surface area contributed by atoms with Crippen LogP contribution in [0.5, 0.6) is 0 Å². The van der Waals surface area contributed by atoms with Crippen molar-refractivity contribution in [2.24, 2.45) is 0 Å². The Balaban J connectivity index is 1.91. The number of aromatic nitrogens is 2. The molecule has 0 aliphatic carbocycles. The normalized spacial score (nSPS) is 10.8. The second-order valence-electron chi connectivity index (χ2n) is 4.74. The van der Waals surface area contributed by atoms with Crippen LogP contribution >= 0.6 is 23.2 Å². The summed E-state index contributed by atoms with van der Waals surface area (Å²) in [6.07, 6.45) is 1.81. The second-order valence-corrected chi connectivity index (χ2v) is 5.58. The lowest BCUT2D eigenvalue weighted by Gasteiger charge is -2.03. The zero-order valence-electron chi connectivity index (χ0n) is 11.1. The highest BCUT2D eigenvalue weighted by atomic mass is 35.5. The molecule has 1 heterocycles. The molecule has 21 heavy (non-hydrogen) atoms. The fraction of sp³-hybridized carbons (Fsp3) is 0.0625. The maximum absolute atomic E-state index is 6.20. The van der Waals surface area contributed by atoms with Crippen LogP contribution in [0.1, 0.15) is 5.56 Å². The van der Waals surface area contributed by atoms with Crippen LogP contribution in [-0.4, -0.2) is 9.78 Å². The molecule has 106 valence electrons. The third-order valence-corrected chi connectivity index (χ3v) is 3.76. The zero-order valence-corrected chi connectivity index (χ0v) is 12.6. The Kier molecular flexibility index (Phi) is 3.86. The number of rotatable bonds is 3. The van der Waals surface area contributed by atoms with Crippen molar-refractivity contribution >= 4 is 28.9 Å². The number of nitrogen functional groups attached to an aromatic ring is 1. The van der Waals surface area contributed by atoms with Gasteiger partial charge in [0, 0.05) is 16.8 Å². The molecule has 3 rings (SSSR count). The van der Waals surface area contributed by atoms with Crippen molar-refractivity contribution in [2.75, 3.05) is 5.73 Å². The molecule has 0 unspecified atom stereocenters. The average Bonchev–Trinajstić information content (AvgIpc) is 2.83. The number of hydrogen-bond acceptors (Lipinski definition) is 2. The fourth-order valence-corrected chi connectivity index (χ4v) is 2.51. The fourth-order valence-electron chi connectivity index (χ4n) is 2.16. The molecule has 2 N–H and O–H groups in total.